The van der Waals surface area contributed by atoms with Crippen molar-refractivity contribution in [3.8, 4) is 11.9 Å². The standard InChI is InChI=1S/C22H21FN6O3/c1-32-19-11-16(7-8-25-19)27-20-15(12-24)10-18(23)21(29-20)28-17(13-26-22(30)31)9-14-5-3-2-4-6-14/h2-8,10-11,17,26H,9,13H2,1H3,(H,30,31)(H2,25,27,28,29). The Morgan fingerprint density at radius 2 is 2.03 bits per heavy atom. The number of hydrogen-bond acceptors (Lipinski definition) is 7. The van der Waals surface area contributed by atoms with Crippen molar-refractivity contribution in [2.75, 3.05) is 24.3 Å². The lowest BCUT2D eigenvalue weighted by Gasteiger charge is -2.20. The number of carboxylic acid groups (broad SMARTS) is 1. The maximum Gasteiger partial charge on any atom is 0.404 e. The van der Waals surface area contributed by atoms with Gasteiger partial charge in [-0.3, -0.25) is 0 Å². The van der Waals surface area contributed by atoms with Crippen molar-refractivity contribution < 1.29 is 19.0 Å². The van der Waals surface area contributed by atoms with E-state index in [4.69, 9.17) is 9.84 Å². The highest BCUT2D eigenvalue weighted by molar-refractivity contribution is 5.66. The van der Waals surface area contributed by atoms with E-state index in [1.54, 1.807) is 12.1 Å². The van der Waals surface area contributed by atoms with Gasteiger partial charge in [0.1, 0.15) is 6.07 Å². The van der Waals surface area contributed by atoms with E-state index in [1.807, 2.05) is 36.4 Å². The number of benzene rings is 1. The van der Waals surface area contributed by atoms with Crippen molar-refractivity contribution in [3.05, 3.63) is 71.7 Å². The number of nitrogens with one attached hydrogen (secondary N) is 3. The van der Waals surface area contributed by atoms with Crippen LogP contribution in [0.4, 0.5) is 26.5 Å². The molecule has 32 heavy (non-hydrogen) atoms. The zero-order valence-electron chi connectivity index (χ0n) is 17.2. The molecule has 3 aromatic rings. The van der Waals surface area contributed by atoms with Crippen LogP contribution in [0.25, 0.3) is 0 Å². The Morgan fingerprint density at radius 3 is 2.72 bits per heavy atom. The Bertz CT molecular complexity index is 1120. The second-order valence-electron chi connectivity index (χ2n) is 6.76. The fraction of sp³-hybridized carbons (Fsp3) is 0.182. The number of hydrogen-bond donors (Lipinski definition) is 4. The van der Waals surface area contributed by atoms with Crippen molar-refractivity contribution >= 4 is 23.4 Å². The van der Waals surface area contributed by atoms with E-state index in [0.717, 1.165) is 11.6 Å². The lowest BCUT2D eigenvalue weighted by atomic mass is 10.1. The first-order chi connectivity index (χ1) is 15.5. The molecule has 0 saturated heterocycles. The van der Waals surface area contributed by atoms with Gasteiger partial charge in [-0.25, -0.2) is 19.2 Å². The summed E-state index contributed by atoms with van der Waals surface area (Å²) in [5.41, 5.74) is 1.49. The summed E-state index contributed by atoms with van der Waals surface area (Å²) in [6.45, 7) is 0.0235. The van der Waals surface area contributed by atoms with Gasteiger partial charge in [-0.15, -0.1) is 0 Å². The Morgan fingerprint density at radius 1 is 1.25 bits per heavy atom. The number of nitriles is 1. The van der Waals surface area contributed by atoms with Gasteiger partial charge in [-0.05, 0) is 24.1 Å². The van der Waals surface area contributed by atoms with E-state index in [2.05, 4.69) is 25.9 Å². The molecule has 0 radical (unpaired) electrons. The first kappa shape index (κ1) is 22.3. The van der Waals surface area contributed by atoms with Crippen LogP contribution in [0.3, 0.4) is 0 Å². The Labute approximate surface area is 183 Å². The Hall–Kier alpha value is -4.39. The van der Waals surface area contributed by atoms with Gasteiger partial charge in [0.2, 0.25) is 5.88 Å². The van der Waals surface area contributed by atoms with Crippen LogP contribution in [-0.4, -0.2) is 40.9 Å². The lowest BCUT2D eigenvalue weighted by molar-refractivity contribution is 0.194. The van der Waals surface area contributed by atoms with Crippen LogP contribution in [0.1, 0.15) is 11.1 Å². The smallest absolute Gasteiger partial charge is 0.404 e. The minimum atomic E-state index is -1.19. The van der Waals surface area contributed by atoms with Crippen LogP contribution in [0.15, 0.2) is 54.7 Å². The third kappa shape index (κ3) is 6.06. The third-order valence-electron chi connectivity index (χ3n) is 4.47. The van der Waals surface area contributed by atoms with E-state index < -0.39 is 18.0 Å². The second kappa shape index (κ2) is 10.6. The van der Waals surface area contributed by atoms with Gasteiger partial charge in [0, 0.05) is 30.5 Å². The van der Waals surface area contributed by atoms with E-state index in [9.17, 15) is 14.4 Å². The Kier molecular flexibility index (Phi) is 7.37. The van der Waals surface area contributed by atoms with E-state index in [0.29, 0.717) is 18.0 Å². The number of ether oxygens (including phenoxy) is 1. The van der Waals surface area contributed by atoms with Crippen LogP contribution in [0.5, 0.6) is 5.88 Å². The molecule has 0 spiro atoms. The minimum Gasteiger partial charge on any atom is -0.481 e. The molecule has 1 amide bonds. The summed E-state index contributed by atoms with van der Waals surface area (Å²) in [6, 6.07) is 15.1. The lowest BCUT2D eigenvalue weighted by Crippen LogP contribution is -2.37. The first-order valence-corrected chi connectivity index (χ1v) is 9.63. The Balaban J connectivity index is 1.87. The van der Waals surface area contributed by atoms with Crippen molar-refractivity contribution in [1.82, 2.24) is 15.3 Å². The van der Waals surface area contributed by atoms with Crippen LogP contribution < -0.4 is 20.7 Å². The summed E-state index contributed by atoms with van der Waals surface area (Å²) in [6.07, 6.45) is 0.753. The van der Waals surface area contributed by atoms with E-state index in [-0.39, 0.29) is 23.7 Å². The molecule has 0 fully saturated rings. The molecule has 2 aromatic heterocycles. The molecular formula is C22H21FN6O3. The molecule has 4 N–H and O–H groups in total. The second-order valence-corrected chi connectivity index (χ2v) is 6.76. The van der Waals surface area contributed by atoms with Crippen molar-refractivity contribution in [2.45, 2.75) is 12.5 Å². The predicted molar refractivity (Wildman–Crippen MR) is 117 cm³/mol. The number of methoxy groups -OCH3 is 1. The normalized spacial score (nSPS) is 11.2. The molecule has 0 saturated carbocycles. The molecule has 10 heteroatoms. The zero-order valence-corrected chi connectivity index (χ0v) is 17.2. The van der Waals surface area contributed by atoms with Gasteiger partial charge >= 0.3 is 6.09 Å². The van der Waals surface area contributed by atoms with Crippen molar-refractivity contribution in [3.63, 3.8) is 0 Å². The van der Waals surface area contributed by atoms with Crippen molar-refractivity contribution in [1.29, 1.82) is 5.26 Å². The fourth-order valence-corrected chi connectivity index (χ4v) is 2.98. The molecule has 1 atom stereocenters. The summed E-state index contributed by atoms with van der Waals surface area (Å²) in [7, 11) is 1.48. The van der Waals surface area contributed by atoms with E-state index >= 15 is 0 Å². The molecule has 164 valence electrons. The molecule has 0 aliphatic carbocycles. The fourth-order valence-electron chi connectivity index (χ4n) is 2.98. The first-order valence-electron chi connectivity index (χ1n) is 9.63. The third-order valence-corrected chi connectivity index (χ3v) is 4.47. The average Bonchev–Trinajstić information content (AvgIpc) is 2.80. The van der Waals surface area contributed by atoms with Crippen LogP contribution in [0, 0.1) is 17.1 Å². The summed E-state index contributed by atoms with van der Waals surface area (Å²) in [5, 5.41) is 26.6. The summed E-state index contributed by atoms with van der Waals surface area (Å²) in [5.74, 6) is -0.348. The average molecular weight is 436 g/mol. The molecule has 1 aromatic carbocycles. The monoisotopic (exact) mass is 436 g/mol. The maximum atomic E-state index is 14.7. The van der Waals surface area contributed by atoms with Gasteiger partial charge in [-0.1, -0.05) is 30.3 Å². The highest BCUT2D eigenvalue weighted by Crippen LogP contribution is 2.25. The molecule has 0 bridgehead atoms. The number of anilines is 3. The van der Waals surface area contributed by atoms with Crippen LogP contribution in [-0.2, 0) is 6.42 Å². The zero-order chi connectivity index (χ0) is 22.9. The molecule has 3 rings (SSSR count). The summed E-state index contributed by atoms with van der Waals surface area (Å²) < 4.78 is 19.8. The van der Waals surface area contributed by atoms with Gasteiger partial charge < -0.3 is 25.8 Å². The predicted octanol–water partition coefficient (Wildman–Crippen LogP) is 3.53. The molecule has 2 heterocycles. The summed E-state index contributed by atoms with van der Waals surface area (Å²) in [4.78, 5) is 19.2. The maximum absolute atomic E-state index is 14.7. The van der Waals surface area contributed by atoms with Crippen LogP contribution in [0.2, 0.25) is 0 Å². The summed E-state index contributed by atoms with van der Waals surface area (Å²) >= 11 is 0. The highest BCUT2D eigenvalue weighted by Gasteiger charge is 2.17. The van der Waals surface area contributed by atoms with Gasteiger partial charge in [0.15, 0.2) is 17.5 Å². The van der Waals surface area contributed by atoms with E-state index in [1.165, 1.54) is 13.3 Å². The van der Waals surface area contributed by atoms with Gasteiger partial charge in [0.05, 0.1) is 12.7 Å². The molecular weight excluding hydrogens is 415 g/mol. The van der Waals surface area contributed by atoms with Gasteiger partial charge in [-0.2, -0.15) is 5.26 Å². The largest absolute Gasteiger partial charge is 0.481 e. The quantitative estimate of drug-likeness (QED) is 0.400. The molecule has 9 nitrogen and oxygen atoms in total. The highest BCUT2D eigenvalue weighted by atomic mass is 19.1. The molecule has 0 aliphatic heterocycles. The molecule has 0 aliphatic rings. The van der Waals surface area contributed by atoms with Crippen LogP contribution >= 0.6 is 0 Å². The number of nitrogens with zero attached hydrogens (tertiary/aromatic N) is 3. The van der Waals surface area contributed by atoms with Gasteiger partial charge in [0.25, 0.3) is 0 Å². The topological polar surface area (TPSA) is 132 Å². The SMILES string of the molecule is COc1cc(Nc2nc(NC(CNC(=O)O)Cc3ccccc3)c(F)cc2C#N)ccn1. The number of rotatable bonds is 9. The molecule has 1 unspecified atom stereocenters. The number of amides is 1. The number of halogens is 1. The number of aromatic nitrogens is 2. The van der Waals surface area contributed by atoms with Crippen molar-refractivity contribution in [2.24, 2.45) is 0 Å². The number of pyridine rings is 2. The number of carbonyl (C=O) groups is 1. The minimum absolute atomic E-state index is 0.00657.